The Morgan fingerprint density at radius 3 is 2.82 bits per heavy atom. The smallest absolute Gasteiger partial charge is 0.254 e. The van der Waals surface area contributed by atoms with Gasteiger partial charge in [0.15, 0.2) is 11.6 Å². The molecule has 2 nitrogen and oxygen atoms in total. The molecule has 0 saturated carbocycles. The van der Waals surface area contributed by atoms with E-state index in [2.05, 4.69) is 21.2 Å². The zero-order valence-electron chi connectivity index (χ0n) is 9.47. The highest BCUT2D eigenvalue weighted by molar-refractivity contribution is 9.09. The van der Waals surface area contributed by atoms with Crippen LogP contribution in [-0.2, 0) is 0 Å². The van der Waals surface area contributed by atoms with Gasteiger partial charge in [0.05, 0.1) is 5.56 Å². The number of hydrogen-bond donors (Lipinski definition) is 1. The Morgan fingerprint density at radius 2 is 2.18 bits per heavy atom. The molecule has 5 heteroatoms. The van der Waals surface area contributed by atoms with E-state index in [-0.39, 0.29) is 5.56 Å². The molecule has 1 aromatic rings. The number of hydrogen-bond acceptors (Lipinski definition) is 1. The zero-order valence-corrected chi connectivity index (χ0v) is 11.1. The predicted octanol–water partition coefficient (Wildman–Crippen LogP) is 3.26. The summed E-state index contributed by atoms with van der Waals surface area (Å²) in [4.78, 5) is 11.9. The molecular weight excluding hydrogens is 292 g/mol. The molecule has 0 bridgehead atoms. The van der Waals surface area contributed by atoms with Crippen LogP contribution in [0.1, 0.15) is 30.1 Å². The predicted molar refractivity (Wildman–Crippen MR) is 66.3 cm³/mol. The van der Waals surface area contributed by atoms with Crippen LogP contribution in [0.15, 0.2) is 18.2 Å². The number of carbonyl (C=O) groups is 1. The first-order chi connectivity index (χ1) is 8.02. The fourth-order valence-corrected chi connectivity index (χ4v) is 1.68. The number of halogens is 3. The van der Waals surface area contributed by atoms with Crippen molar-refractivity contribution in [2.75, 3.05) is 6.54 Å². The molecule has 1 N–H and O–H groups in total. The Balaban J connectivity index is 2.50. The first-order valence-electron chi connectivity index (χ1n) is 5.38. The number of rotatable bonds is 5. The normalized spacial score (nSPS) is 12.2. The maximum absolute atomic E-state index is 13.2. The molecule has 0 spiro atoms. The van der Waals surface area contributed by atoms with Crippen molar-refractivity contribution in [2.24, 2.45) is 0 Å². The molecule has 0 aliphatic carbocycles. The number of alkyl halides is 1. The van der Waals surface area contributed by atoms with E-state index in [1.807, 2.05) is 6.92 Å². The van der Waals surface area contributed by atoms with Gasteiger partial charge in [0.2, 0.25) is 0 Å². The molecule has 1 aromatic carbocycles. The second-order valence-electron chi connectivity index (χ2n) is 3.78. The number of nitrogens with one attached hydrogen (secondary N) is 1. The number of benzene rings is 1. The molecule has 0 aliphatic rings. The van der Waals surface area contributed by atoms with Gasteiger partial charge in [0.1, 0.15) is 0 Å². The van der Waals surface area contributed by atoms with Crippen LogP contribution < -0.4 is 5.32 Å². The van der Waals surface area contributed by atoms with Gasteiger partial charge < -0.3 is 5.32 Å². The van der Waals surface area contributed by atoms with Crippen LogP contribution in [0.4, 0.5) is 8.78 Å². The third-order valence-corrected chi connectivity index (χ3v) is 2.72. The third-order valence-electron chi connectivity index (χ3n) is 2.26. The van der Waals surface area contributed by atoms with Gasteiger partial charge in [0.25, 0.3) is 5.91 Å². The highest BCUT2D eigenvalue weighted by Crippen LogP contribution is 2.11. The van der Waals surface area contributed by atoms with Crippen LogP contribution in [0.5, 0.6) is 0 Å². The van der Waals surface area contributed by atoms with Gasteiger partial charge in [-0.1, -0.05) is 28.9 Å². The summed E-state index contributed by atoms with van der Waals surface area (Å²) in [6.45, 7) is 2.46. The van der Waals surface area contributed by atoms with Gasteiger partial charge >= 0.3 is 0 Å². The molecule has 0 heterocycles. The van der Waals surface area contributed by atoms with E-state index in [1.54, 1.807) is 0 Å². The molecule has 1 atom stereocenters. The molecule has 0 saturated heterocycles. The monoisotopic (exact) mass is 305 g/mol. The van der Waals surface area contributed by atoms with Crippen LogP contribution in [0.25, 0.3) is 0 Å². The largest absolute Gasteiger partial charge is 0.352 e. The van der Waals surface area contributed by atoms with Crippen LogP contribution in [-0.4, -0.2) is 17.3 Å². The van der Waals surface area contributed by atoms with Crippen molar-refractivity contribution in [1.29, 1.82) is 0 Å². The standard InChI is InChI=1S/C12H14BrF2NO/c1-8(13)4-3-7-16-12(17)9-5-2-6-10(14)11(9)15/h2,5-6,8H,3-4,7H2,1H3,(H,16,17). The van der Waals surface area contributed by atoms with Crippen molar-refractivity contribution in [3.8, 4) is 0 Å². The van der Waals surface area contributed by atoms with E-state index in [9.17, 15) is 13.6 Å². The summed E-state index contributed by atoms with van der Waals surface area (Å²) in [5.74, 6) is -2.69. The average Bonchev–Trinajstić information content (AvgIpc) is 2.27. The molecule has 94 valence electrons. The van der Waals surface area contributed by atoms with Gasteiger partial charge in [-0.25, -0.2) is 8.78 Å². The van der Waals surface area contributed by atoms with Crippen LogP contribution in [0, 0.1) is 11.6 Å². The number of amides is 1. The van der Waals surface area contributed by atoms with Crippen LogP contribution >= 0.6 is 15.9 Å². The van der Waals surface area contributed by atoms with Crippen LogP contribution in [0.2, 0.25) is 0 Å². The fraction of sp³-hybridized carbons (Fsp3) is 0.417. The fourth-order valence-electron chi connectivity index (χ4n) is 1.36. The second-order valence-corrected chi connectivity index (χ2v) is 5.34. The minimum Gasteiger partial charge on any atom is -0.352 e. The minimum absolute atomic E-state index is 0.253. The molecule has 0 fully saturated rings. The zero-order chi connectivity index (χ0) is 12.8. The van der Waals surface area contributed by atoms with Crippen LogP contribution in [0.3, 0.4) is 0 Å². The average molecular weight is 306 g/mol. The second kappa shape index (κ2) is 6.69. The van der Waals surface area contributed by atoms with E-state index in [4.69, 9.17) is 0 Å². The quantitative estimate of drug-likeness (QED) is 0.656. The highest BCUT2D eigenvalue weighted by atomic mass is 79.9. The summed E-state index contributed by atoms with van der Waals surface area (Å²) in [6, 6.07) is 3.56. The molecule has 1 rings (SSSR count). The molecule has 0 aliphatic heterocycles. The Morgan fingerprint density at radius 1 is 1.47 bits per heavy atom. The first-order valence-corrected chi connectivity index (χ1v) is 6.30. The maximum Gasteiger partial charge on any atom is 0.254 e. The van der Waals surface area contributed by atoms with Crippen molar-refractivity contribution < 1.29 is 13.6 Å². The van der Waals surface area contributed by atoms with Crippen molar-refractivity contribution in [3.05, 3.63) is 35.4 Å². The Hall–Kier alpha value is -0.970. The maximum atomic E-state index is 13.2. The van der Waals surface area contributed by atoms with Gasteiger partial charge in [-0.15, -0.1) is 0 Å². The first kappa shape index (κ1) is 14.1. The topological polar surface area (TPSA) is 29.1 Å². The third kappa shape index (κ3) is 4.42. The van der Waals surface area contributed by atoms with E-state index in [0.717, 1.165) is 18.9 Å². The summed E-state index contributed by atoms with van der Waals surface area (Å²) < 4.78 is 26.1. The van der Waals surface area contributed by atoms with Crippen molar-refractivity contribution in [1.82, 2.24) is 5.32 Å². The molecule has 0 aromatic heterocycles. The van der Waals surface area contributed by atoms with E-state index in [1.165, 1.54) is 12.1 Å². The Kier molecular flexibility index (Phi) is 5.55. The van der Waals surface area contributed by atoms with E-state index >= 15 is 0 Å². The minimum atomic E-state index is -1.10. The lowest BCUT2D eigenvalue weighted by Gasteiger charge is -2.07. The lowest BCUT2D eigenvalue weighted by atomic mass is 10.2. The van der Waals surface area contributed by atoms with Crippen molar-refractivity contribution in [2.45, 2.75) is 24.6 Å². The molecule has 17 heavy (non-hydrogen) atoms. The Labute approximate surface area is 108 Å². The summed E-state index contributed by atoms with van der Waals surface area (Å²) in [6.07, 6.45) is 1.70. The Bertz CT molecular complexity index is 396. The molecule has 0 radical (unpaired) electrons. The van der Waals surface area contributed by atoms with Gasteiger partial charge in [0, 0.05) is 11.4 Å². The molecule has 1 unspecified atom stereocenters. The summed E-state index contributed by atoms with van der Waals surface area (Å²) in [7, 11) is 0. The van der Waals surface area contributed by atoms with E-state index in [0.29, 0.717) is 11.4 Å². The SMILES string of the molecule is CC(Br)CCCNC(=O)c1cccc(F)c1F. The van der Waals surface area contributed by atoms with Crippen molar-refractivity contribution in [3.63, 3.8) is 0 Å². The van der Waals surface area contributed by atoms with Gasteiger partial charge in [-0.2, -0.15) is 0 Å². The molecule has 1 amide bonds. The summed E-state index contributed by atoms with van der Waals surface area (Å²) in [5.41, 5.74) is -0.253. The highest BCUT2D eigenvalue weighted by Gasteiger charge is 2.14. The van der Waals surface area contributed by atoms with Crippen molar-refractivity contribution >= 4 is 21.8 Å². The van der Waals surface area contributed by atoms with Gasteiger partial charge in [-0.3, -0.25) is 4.79 Å². The number of carbonyl (C=O) groups excluding carboxylic acids is 1. The lowest BCUT2D eigenvalue weighted by molar-refractivity contribution is 0.0948. The lowest BCUT2D eigenvalue weighted by Crippen LogP contribution is -2.26. The molecular formula is C12H14BrF2NO. The summed E-state index contributed by atoms with van der Waals surface area (Å²) >= 11 is 3.39. The van der Waals surface area contributed by atoms with E-state index < -0.39 is 17.5 Å². The van der Waals surface area contributed by atoms with Gasteiger partial charge in [-0.05, 0) is 25.0 Å². The summed E-state index contributed by atoms with van der Waals surface area (Å²) in [5, 5.41) is 2.56.